The number of rotatable bonds is 3. The van der Waals surface area contributed by atoms with Crippen molar-refractivity contribution < 1.29 is 5.11 Å². The molecule has 3 rings (SSSR count). The first-order valence-corrected chi connectivity index (χ1v) is 7.68. The van der Waals surface area contributed by atoms with Crippen molar-refractivity contribution >= 4 is 28.8 Å². The molecule has 1 unspecified atom stereocenters. The van der Waals surface area contributed by atoms with E-state index in [2.05, 4.69) is 15.3 Å². The smallest absolute Gasteiger partial charge is 0.146 e. The van der Waals surface area contributed by atoms with Crippen LogP contribution in [0.1, 0.15) is 17.4 Å². The minimum Gasteiger partial charge on any atom is -0.380 e. The molecule has 0 aromatic carbocycles. The zero-order valence-corrected chi connectivity index (χ0v) is 12.3. The topological polar surface area (TPSA) is 57.5 Å². The number of hydrogen-bond donors (Lipinski definition) is 2. The molecule has 0 aliphatic carbocycles. The van der Waals surface area contributed by atoms with Gasteiger partial charge in [0.25, 0.3) is 0 Å². The van der Waals surface area contributed by atoms with E-state index in [1.165, 1.54) is 11.3 Å². The molecule has 0 saturated heterocycles. The molecule has 2 aromatic rings. The van der Waals surface area contributed by atoms with Gasteiger partial charge in [-0.1, -0.05) is 17.7 Å². The first-order valence-electron chi connectivity index (χ1n) is 6.42. The Morgan fingerprint density at radius 1 is 1.35 bits per heavy atom. The predicted octanol–water partition coefficient (Wildman–Crippen LogP) is 2.89. The summed E-state index contributed by atoms with van der Waals surface area (Å²) >= 11 is 7.43. The summed E-state index contributed by atoms with van der Waals surface area (Å²) < 4.78 is 0. The van der Waals surface area contributed by atoms with Crippen molar-refractivity contribution in [2.75, 3.05) is 13.1 Å². The maximum absolute atomic E-state index is 10.5. The van der Waals surface area contributed by atoms with Gasteiger partial charge in [-0.25, -0.2) is 4.98 Å². The molecule has 3 heterocycles. The van der Waals surface area contributed by atoms with Crippen LogP contribution in [0, 0.1) is 0 Å². The maximum atomic E-state index is 10.5. The molecule has 0 spiro atoms. The van der Waals surface area contributed by atoms with Crippen LogP contribution in [0.3, 0.4) is 0 Å². The SMILES string of the molecule is OC(C1=NCCCN1)c1sccc1-c1cccc(Cl)n1. The quantitative estimate of drug-likeness (QED) is 0.857. The van der Waals surface area contributed by atoms with Gasteiger partial charge in [-0.2, -0.15) is 0 Å². The summed E-state index contributed by atoms with van der Waals surface area (Å²) in [5.41, 5.74) is 1.67. The van der Waals surface area contributed by atoms with Gasteiger partial charge in [0, 0.05) is 18.7 Å². The molecule has 0 saturated carbocycles. The van der Waals surface area contributed by atoms with Crippen LogP contribution in [0.5, 0.6) is 0 Å². The van der Waals surface area contributed by atoms with E-state index in [9.17, 15) is 5.11 Å². The van der Waals surface area contributed by atoms with Gasteiger partial charge in [-0.15, -0.1) is 11.3 Å². The van der Waals surface area contributed by atoms with Crippen molar-refractivity contribution in [3.63, 3.8) is 0 Å². The number of nitrogens with zero attached hydrogens (tertiary/aromatic N) is 2. The molecule has 0 bridgehead atoms. The van der Waals surface area contributed by atoms with E-state index < -0.39 is 6.10 Å². The summed E-state index contributed by atoms with van der Waals surface area (Å²) in [6.07, 6.45) is 0.273. The minimum atomic E-state index is -0.730. The van der Waals surface area contributed by atoms with Gasteiger partial charge in [0.05, 0.1) is 10.6 Å². The molecule has 4 nitrogen and oxygen atoms in total. The van der Waals surface area contributed by atoms with Gasteiger partial charge >= 0.3 is 0 Å². The Hall–Kier alpha value is -1.43. The second-order valence-corrected chi connectivity index (χ2v) is 5.83. The van der Waals surface area contributed by atoms with Crippen LogP contribution in [0.4, 0.5) is 0 Å². The second kappa shape index (κ2) is 5.91. The van der Waals surface area contributed by atoms with E-state index in [0.717, 1.165) is 35.6 Å². The molecule has 6 heteroatoms. The van der Waals surface area contributed by atoms with Crippen molar-refractivity contribution in [3.8, 4) is 11.3 Å². The Morgan fingerprint density at radius 3 is 3.00 bits per heavy atom. The average molecular weight is 308 g/mol. The van der Waals surface area contributed by atoms with Crippen LogP contribution in [-0.4, -0.2) is 29.0 Å². The molecule has 1 aliphatic rings. The Bertz CT molecular complexity index is 641. The van der Waals surface area contributed by atoms with E-state index in [0.29, 0.717) is 11.0 Å². The van der Waals surface area contributed by atoms with Crippen molar-refractivity contribution in [3.05, 3.63) is 39.7 Å². The van der Waals surface area contributed by atoms with E-state index in [1.54, 1.807) is 6.07 Å². The third kappa shape index (κ3) is 2.70. The maximum Gasteiger partial charge on any atom is 0.146 e. The summed E-state index contributed by atoms with van der Waals surface area (Å²) in [6, 6.07) is 7.43. The number of hydrogen-bond acceptors (Lipinski definition) is 5. The highest BCUT2D eigenvalue weighted by Gasteiger charge is 2.22. The van der Waals surface area contributed by atoms with Crippen LogP contribution in [0.15, 0.2) is 34.6 Å². The highest BCUT2D eigenvalue weighted by Crippen LogP contribution is 2.33. The number of aliphatic hydroxyl groups is 1. The second-order valence-electron chi connectivity index (χ2n) is 4.49. The van der Waals surface area contributed by atoms with Crippen molar-refractivity contribution in [1.82, 2.24) is 10.3 Å². The third-order valence-corrected chi connectivity index (χ3v) is 4.30. The molecule has 104 valence electrons. The van der Waals surface area contributed by atoms with Crippen LogP contribution in [0.2, 0.25) is 5.15 Å². The number of aromatic nitrogens is 1. The van der Waals surface area contributed by atoms with E-state index >= 15 is 0 Å². The molecule has 0 radical (unpaired) electrons. The lowest BCUT2D eigenvalue weighted by atomic mass is 10.1. The number of halogens is 1. The molecule has 0 amide bonds. The molecular formula is C14H14ClN3OS. The Morgan fingerprint density at radius 2 is 2.25 bits per heavy atom. The Balaban J connectivity index is 1.95. The van der Waals surface area contributed by atoms with Gasteiger partial charge in [0.15, 0.2) is 0 Å². The summed E-state index contributed by atoms with van der Waals surface area (Å²) in [7, 11) is 0. The molecule has 2 N–H and O–H groups in total. The van der Waals surface area contributed by atoms with Crippen LogP contribution in [0.25, 0.3) is 11.3 Å². The third-order valence-electron chi connectivity index (χ3n) is 3.12. The number of amidine groups is 1. The zero-order chi connectivity index (χ0) is 13.9. The number of aliphatic imine (C=N–C) groups is 1. The van der Waals surface area contributed by atoms with Gasteiger partial charge in [0.2, 0.25) is 0 Å². The van der Waals surface area contributed by atoms with Gasteiger partial charge in [-0.3, -0.25) is 4.99 Å². The van der Waals surface area contributed by atoms with Gasteiger partial charge in [0.1, 0.15) is 17.1 Å². The highest BCUT2D eigenvalue weighted by molar-refractivity contribution is 7.10. The lowest BCUT2D eigenvalue weighted by molar-refractivity contribution is 0.245. The molecule has 0 fully saturated rings. The van der Waals surface area contributed by atoms with Crippen molar-refractivity contribution in [2.24, 2.45) is 4.99 Å². The fourth-order valence-corrected chi connectivity index (χ4v) is 3.22. The number of aliphatic hydroxyl groups excluding tert-OH is 1. The van der Waals surface area contributed by atoms with Gasteiger partial charge < -0.3 is 10.4 Å². The zero-order valence-electron chi connectivity index (χ0n) is 10.7. The molecule has 2 aromatic heterocycles. The summed E-state index contributed by atoms with van der Waals surface area (Å²) in [4.78, 5) is 9.50. The predicted molar refractivity (Wildman–Crippen MR) is 82.4 cm³/mol. The Labute approximate surface area is 126 Å². The number of pyridine rings is 1. The number of thiophene rings is 1. The lowest BCUT2D eigenvalue weighted by Gasteiger charge is -2.19. The van der Waals surface area contributed by atoms with Crippen LogP contribution < -0.4 is 5.32 Å². The molecule has 20 heavy (non-hydrogen) atoms. The lowest BCUT2D eigenvalue weighted by Crippen LogP contribution is -2.34. The summed E-state index contributed by atoms with van der Waals surface area (Å²) in [5, 5.41) is 16.1. The van der Waals surface area contributed by atoms with Gasteiger partial charge in [-0.05, 0) is 30.0 Å². The fraction of sp³-hybridized carbons (Fsp3) is 0.286. The normalized spacial score (nSPS) is 16.4. The average Bonchev–Trinajstić information content (AvgIpc) is 2.97. The first-order chi connectivity index (χ1) is 9.75. The molecular weight excluding hydrogens is 294 g/mol. The van der Waals surface area contributed by atoms with E-state index in [1.807, 2.05) is 23.6 Å². The molecule has 1 atom stereocenters. The summed E-state index contributed by atoms with van der Waals surface area (Å²) in [6.45, 7) is 1.61. The first kappa shape index (κ1) is 13.5. The fourth-order valence-electron chi connectivity index (χ4n) is 2.16. The summed E-state index contributed by atoms with van der Waals surface area (Å²) in [5.74, 6) is 0.641. The van der Waals surface area contributed by atoms with Crippen LogP contribution in [-0.2, 0) is 0 Å². The minimum absolute atomic E-state index is 0.447. The standard InChI is InChI=1S/C14H14ClN3OS/c15-11-4-1-3-10(18-11)9-5-8-20-13(9)12(19)14-16-6-2-7-17-14/h1,3-5,8,12,19H,2,6-7H2,(H,16,17). The number of nitrogens with one attached hydrogen (secondary N) is 1. The largest absolute Gasteiger partial charge is 0.380 e. The van der Waals surface area contributed by atoms with Crippen molar-refractivity contribution in [1.29, 1.82) is 0 Å². The molecule has 1 aliphatic heterocycles. The monoisotopic (exact) mass is 307 g/mol. The highest BCUT2D eigenvalue weighted by atomic mass is 35.5. The van der Waals surface area contributed by atoms with E-state index in [4.69, 9.17) is 11.6 Å². The Kier molecular flexibility index (Phi) is 4.00. The van der Waals surface area contributed by atoms with Crippen molar-refractivity contribution in [2.45, 2.75) is 12.5 Å². The van der Waals surface area contributed by atoms with Crippen LogP contribution >= 0.6 is 22.9 Å². The van der Waals surface area contributed by atoms with E-state index in [-0.39, 0.29) is 0 Å².